The fraction of sp³-hybridized carbons (Fsp3) is 0.324. The first kappa shape index (κ1) is 32.9. The van der Waals surface area contributed by atoms with Crippen molar-refractivity contribution in [2.75, 3.05) is 20.2 Å². The highest BCUT2D eigenvalue weighted by Gasteiger charge is 2.33. The highest BCUT2D eigenvalue weighted by atomic mass is 35.5. The molecular weight excluding hydrogens is 631 g/mol. The van der Waals surface area contributed by atoms with Gasteiger partial charge < -0.3 is 25.4 Å². The Morgan fingerprint density at radius 1 is 1.07 bits per heavy atom. The van der Waals surface area contributed by atoms with Crippen molar-refractivity contribution in [1.82, 2.24) is 20.5 Å². The van der Waals surface area contributed by atoms with Crippen LogP contribution in [0, 0.1) is 6.92 Å². The number of aliphatic hydroxyl groups excluding tert-OH is 1. The Hall–Kier alpha value is -3.47. The van der Waals surface area contributed by atoms with Crippen LogP contribution in [0.3, 0.4) is 0 Å². The minimum absolute atomic E-state index is 0.0967. The zero-order chi connectivity index (χ0) is 31.9. The fourth-order valence-electron chi connectivity index (χ4n) is 5.55. The Morgan fingerprint density at radius 3 is 2.49 bits per heavy atom. The number of likely N-dealkylation sites (tertiary alicyclic amines) is 1. The normalized spacial score (nSPS) is 15.9. The van der Waals surface area contributed by atoms with Crippen LogP contribution in [0.15, 0.2) is 72.1 Å². The number of aliphatic hydroxyl groups is 1. The van der Waals surface area contributed by atoms with Gasteiger partial charge in [-0.15, -0.1) is 11.3 Å². The Bertz CT molecular complexity index is 1610. The number of hydrogen-bond donors (Lipinski definition) is 3. The van der Waals surface area contributed by atoms with Gasteiger partial charge in [0.2, 0.25) is 0 Å². The summed E-state index contributed by atoms with van der Waals surface area (Å²) in [7, 11) is 1.50. The maximum atomic E-state index is 13.8. The highest BCUT2D eigenvalue weighted by Crippen LogP contribution is 2.35. The number of carbonyl (C=O) groups excluding carboxylic acids is 2. The summed E-state index contributed by atoms with van der Waals surface area (Å²) in [4.78, 5) is 33.9. The molecule has 1 aliphatic rings. The molecule has 1 fully saturated rings. The smallest absolute Gasteiger partial charge is 0.254 e. The number of thiazole rings is 1. The molecule has 0 saturated carbocycles. The zero-order valence-electron chi connectivity index (χ0n) is 25.1. The van der Waals surface area contributed by atoms with E-state index < -0.39 is 18.1 Å². The van der Waals surface area contributed by atoms with Crippen molar-refractivity contribution in [2.45, 2.75) is 50.9 Å². The predicted octanol–water partition coefficient (Wildman–Crippen LogP) is 6.24. The van der Waals surface area contributed by atoms with Crippen LogP contribution in [0.2, 0.25) is 10.0 Å². The third-order valence-electron chi connectivity index (χ3n) is 7.77. The van der Waals surface area contributed by atoms with Crippen LogP contribution >= 0.6 is 34.5 Å². The zero-order valence-corrected chi connectivity index (χ0v) is 27.5. The molecule has 0 radical (unpaired) electrons. The molecule has 1 aliphatic heterocycles. The monoisotopic (exact) mass is 666 g/mol. The van der Waals surface area contributed by atoms with E-state index in [2.05, 4.69) is 15.6 Å². The number of aromatic nitrogens is 1. The van der Waals surface area contributed by atoms with Crippen molar-refractivity contribution in [2.24, 2.45) is 0 Å². The van der Waals surface area contributed by atoms with Crippen LogP contribution in [-0.4, -0.2) is 59.1 Å². The molecule has 2 heterocycles. The van der Waals surface area contributed by atoms with Gasteiger partial charge in [0.1, 0.15) is 10.8 Å². The standard InChI is InChI=1S/C34H36Cl2N4O4S/c1-21-20-45-33(38-21)30-9-6-10-40(30)34(43)25-14-24(15-28(16-25)44-2)32(42)39-29(13-22-7-4-3-5-8-22)31(41)19-37-18-23-11-26(35)17-27(36)12-23/h3-5,7-8,11-12,14-17,20,29-31,37,41H,6,9-10,13,18-19H2,1-2H3,(H,39,42)/t29-,30+,31+/m0/s1. The quantitative estimate of drug-likeness (QED) is 0.166. The molecule has 3 N–H and O–H groups in total. The summed E-state index contributed by atoms with van der Waals surface area (Å²) in [5, 5.41) is 21.5. The van der Waals surface area contributed by atoms with Crippen LogP contribution in [0.1, 0.15) is 61.4 Å². The number of carbonyl (C=O) groups is 2. The Kier molecular flexibility index (Phi) is 11.1. The molecule has 5 rings (SSSR count). The molecule has 3 atom stereocenters. The van der Waals surface area contributed by atoms with E-state index in [1.54, 1.807) is 47.7 Å². The second-order valence-electron chi connectivity index (χ2n) is 11.2. The van der Waals surface area contributed by atoms with Gasteiger partial charge in [0, 0.05) is 51.9 Å². The molecule has 4 aromatic rings. The summed E-state index contributed by atoms with van der Waals surface area (Å²) < 4.78 is 5.49. The van der Waals surface area contributed by atoms with Crippen LogP contribution in [0.25, 0.3) is 0 Å². The number of amides is 2. The van der Waals surface area contributed by atoms with E-state index in [1.807, 2.05) is 47.5 Å². The third kappa shape index (κ3) is 8.62. The predicted molar refractivity (Wildman–Crippen MR) is 178 cm³/mol. The molecule has 11 heteroatoms. The van der Waals surface area contributed by atoms with Crippen LogP contribution in [-0.2, 0) is 13.0 Å². The average molecular weight is 668 g/mol. The minimum Gasteiger partial charge on any atom is -0.497 e. The molecule has 1 aromatic heterocycles. The number of nitrogens with one attached hydrogen (secondary N) is 2. The number of hydrogen-bond acceptors (Lipinski definition) is 7. The molecule has 8 nitrogen and oxygen atoms in total. The van der Waals surface area contributed by atoms with Gasteiger partial charge in [-0.1, -0.05) is 53.5 Å². The van der Waals surface area contributed by atoms with Crippen molar-refractivity contribution >= 4 is 46.4 Å². The topological polar surface area (TPSA) is 104 Å². The van der Waals surface area contributed by atoms with E-state index >= 15 is 0 Å². The van der Waals surface area contributed by atoms with Crippen LogP contribution in [0.5, 0.6) is 5.75 Å². The average Bonchev–Trinajstić information content (AvgIpc) is 3.69. The van der Waals surface area contributed by atoms with Gasteiger partial charge in [-0.05, 0) is 73.7 Å². The number of aryl methyl sites for hydroxylation is 1. The van der Waals surface area contributed by atoms with Gasteiger partial charge in [0.25, 0.3) is 11.8 Å². The second-order valence-corrected chi connectivity index (χ2v) is 12.9. The number of nitrogens with zero attached hydrogens (tertiary/aromatic N) is 2. The summed E-state index contributed by atoms with van der Waals surface area (Å²) in [5.41, 5.74) is 3.41. The van der Waals surface area contributed by atoms with E-state index in [0.717, 1.165) is 34.7 Å². The fourth-order valence-corrected chi connectivity index (χ4v) is 7.07. The van der Waals surface area contributed by atoms with Crippen molar-refractivity contribution in [3.05, 3.63) is 115 Å². The van der Waals surface area contributed by atoms with E-state index in [4.69, 9.17) is 27.9 Å². The third-order valence-corrected chi connectivity index (χ3v) is 9.27. The number of ether oxygens (including phenoxy) is 1. The summed E-state index contributed by atoms with van der Waals surface area (Å²) >= 11 is 13.8. The molecule has 3 aromatic carbocycles. The van der Waals surface area contributed by atoms with Crippen molar-refractivity contribution in [1.29, 1.82) is 0 Å². The molecule has 0 unspecified atom stereocenters. The molecule has 0 spiro atoms. The Balaban J connectivity index is 1.32. The van der Waals surface area contributed by atoms with Gasteiger partial charge in [-0.3, -0.25) is 9.59 Å². The summed E-state index contributed by atoms with van der Waals surface area (Å²) in [5.74, 6) is -0.198. The van der Waals surface area contributed by atoms with Gasteiger partial charge >= 0.3 is 0 Å². The van der Waals surface area contributed by atoms with Crippen molar-refractivity contribution < 1.29 is 19.4 Å². The molecule has 0 aliphatic carbocycles. The molecular formula is C34H36Cl2N4O4S. The van der Waals surface area contributed by atoms with Crippen molar-refractivity contribution in [3.63, 3.8) is 0 Å². The minimum atomic E-state index is -0.928. The van der Waals surface area contributed by atoms with Crippen molar-refractivity contribution in [3.8, 4) is 5.75 Å². The van der Waals surface area contributed by atoms with E-state index in [0.29, 0.717) is 40.9 Å². The molecule has 236 valence electrons. The molecule has 2 amide bonds. The van der Waals surface area contributed by atoms with E-state index in [-0.39, 0.29) is 24.1 Å². The Morgan fingerprint density at radius 2 is 1.80 bits per heavy atom. The number of benzene rings is 3. The maximum absolute atomic E-state index is 13.8. The van der Waals surface area contributed by atoms with Gasteiger partial charge in [-0.2, -0.15) is 0 Å². The maximum Gasteiger partial charge on any atom is 0.254 e. The lowest BCUT2D eigenvalue weighted by Crippen LogP contribution is -2.48. The van der Waals surface area contributed by atoms with E-state index in [9.17, 15) is 14.7 Å². The van der Waals surface area contributed by atoms with Crippen LogP contribution in [0.4, 0.5) is 0 Å². The van der Waals surface area contributed by atoms with Gasteiger partial charge in [0.15, 0.2) is 0 Å². The summed E-state index contributed by atoms with van der Waals surface area (Å²) in [6.07, 6.45) is 1.19. The second kappa shape index (κ2) is 15.2. The summed E-state index contributed by atoms with van der Waals surface area (Å²) in [6, 6.07) is 19.1. The number of methoxy groups -OCH3 is 1. The lowest BCUT2D eigenvalue weighted by atomic mass is 10.00. The number of rotatable bonds is 12. The molecule has 1 saturated heterocycles. The first-order valence-corrected chi connectivity index (χ1v) is 16.4. The van der Waals surface area contributed by atoms with Gasteiger partial charge in [-0.25, -0.2) is 4.98 Å². The molecule has 45 heavy (non-hydrogen) atoms. The molecule has 0 bridgehead atoms. The highest BCUT2D eigenvalue weighted by molar-refractivity contribution is 7.09. The lowest BCUT2D eigenvalue weighted by Gasteiger charge is -2.26. The van der Waals surface area contributed by atoms with Gasteiger partial charge in [0.05, 0.1) is 25.3 Å². The van der Waals surface area contributed by atoms with E-state index in [1.165, 1.54) is 7.11 Å². The van der Waals surface area contributed by atoms with Crippen LogP contribution < -0.4 is 15.4 Å². The lowest BCUT2D eigenvalue weighted by molar-refractivity contribution is 0.0735. The SMILES string of the molecule is COc1cc(C(=O)N[C@@H](Cc2ccccc2)[C@H](O)CNCc2cc(Cl)cc(Cl)c2)cc(C(=O)N2CCC[C@@H]2c2nc(C)cs2)c1. The number of halogens is 2. The first-order valence-electron chi connectivity index (χ1n) is 14.8. The first-order chi connectivity index (χ1) is 21.7. The summed E-state index contributed by atoms with van der Waals surface area (Å²) in [6.45, 7) is 3.20. The Labute approximate surface area is 277 Å². The largest absolute Gasteiger partial charge is 0.497 e.